The van der Waals surface area contributed by atoms with Crippen molar-refractivity contribution in [1.82, 2.24) is 5.32 Å². The number of benzene rings is 3. The summed E-state index contributed by atoms with van der Waals surface area (Å²) in [5.41, 5.74) is 2.55. The van der Waals surface area contributed by atoms with Crippen molar-refractivity contribution in [2.45, 2.75) is 25.9 Å². The molecule has 0 radical (unpaired) electrons. The molecule has 0 saturated carbocycles. The molecule has 0 aliphatic rings. The number of hydrogen-bond acceptors (Lipinski definition) is 3. The zero-order valence-corrected chi connectivity index (χ0v) is 20.1. The molecule has 1 amide bonds. The second-order valence-corrected chi connectivity index (χ2v) is 10.1. The Morgan fingerprint density at radius 1 is 0.969 bits per heavy atom. The molecule has 1 atom stereocenters. The van der Waals surface area contributed by atoms with Crippen LogP contribution in [0.4, 0.5) is 5.69 Å². The molecule has 0 aliphatic carbocycles. The van der Waals surface area contributed by atoms with Crippen LogP contribution in [0, 0.1) is 0 Å². The van der Waals surface area contributed by atoms with E-state index in [1.807, 2.05) is 37.3 Å². The van der Waals surface area contributed by atoms with E-state index in [9.17, 15) is 13.2 Å². The summed E-state index contributed by atoms with van der Waals surface area (Å²) in [5.74, 6) is -0.190. The van der Waals surface area contributed by atoms with Crippen LogP contribution in [0.5, 0.6) is 0 Å². The molecule has 0 fully saturated rings. The van der Waals surface area contributed by atoms with E-state index in [1.165, 1.54) is 4.31 Å². The standard InChI is InChI=1S/C24H24Cl2N2O3S/c1-3-21(18-8-5-4-6-9-18)27-24(29)19-14-12-17(13-15-19)16-28(32(2,30)31)22-11-7-10-20(25)23(22)26/h4-15,21H,3,16H2,1-2H3,(H,27,29)/t21-/m1/s1. The molecule has 8 heteroatoms. The fourth-order valence-corrected chi connectivity index (χ4v) is 4.68. The lowest BCUT2D eigenvalue weighted by molar-refractivity contribution is 0.0935. The molecule has 0 bridgehead atoms. The van der Waals surface area contributed by atoms with Crippen LogP contribution in [0.15, 0.2) is 72.8 Å². The maximum absolute atomic E-state index is 12.7. The van der Waals surface area contributed by atoms with Crippen molar-refractivity contribution in [2.24, 2.45) is 0 Å². The van der Waals surface area contributed by atoms with Crippen LogP contribution >= 0.6 is 23.2 Å². The van der Waals surface area contributed by atoms with Gasteiger partial charge in [-0.2, -0.15) is 0 Å². The second-order valence-electron chi connectivity index (χ2n) is 7.38. The summed E-state index contributed by atoms with van der Waals surface area (Å²) in [4.78, 5) is 12.7. The molecule has 0 aliphatic heterocycles. The number of carbonyl (C=O) groups is 1. The molecule has 168 valence electrons. The third-order valence-corrected chi connectivity index (χ3v) is 6.99. The first kappa shape index (κ1) is 24.1. The van der Waals surface area contributed by atoms with Crippen molar-refractivity contribution in [2.75, 3.05) is 10.6 Å². The van der Waals surface area contributed by atoms with E-state index in [-0.39, 0.29) is 28.5 Å². The van der Waals surface area contributed by atoms with E-state index in [1.54, 1.807) is 42.5 Å². The van der Waals surface area contributed by atoms with Gasteiger partial charge in [-0.1, -0.05) is 78.7 Å². The highest BCUT2D eigenvalue weighted by atomic mass is 35.5. The molecule has 1 N–H and O–H groups in total. The number of amides is 1. The Morgan fingerprint density at radius 2 is 1.62 bits per heavy atom. The summed E-state index contributed by atoms with van der Waals surface area (Å²) in [6.07, 6.45) is 1.87. The van der Waals surface area contributed by atoms with Gasteiger partial charge in [0.15, 0.2) is 0 Å². The van der Waals surface area contributed by atoms with E-state index in [2.05, 4.69) is 5.32 Å². The van der Waals surface area contributed by atoms with Gasteiger partial charge in [-0.25, -0.2) is 8.42 Å². The van der Waals surface area contributed by atoms with Gasteiger partial charge >= 0.3 is 0 Å². The van der Waals surface area contributed by atoms with E-state index in [0.717, 1.165) is 18.2 Å². The van der Waals surface area contributed by atoms with Crippen LogP contribution < -0.4 is 9.62 Å². The second kappa shape index (κ2) is 10.4. The van der Waals surface area contributed by atoms with Crippen molar-refractivity contribution in [3.05, 3.63) is 99.5 Å². The number of nitrogens with one attached hydrogen (secondary N) is 1. The zero-order valence-electron chi connectivity index (χ0n) is 17.8. The van der Waals surface area contributed by atoms with Gasteiger partial charge in [0, 0.05) is 5.56 Å². The van der Waals surface area contributed by atoms with Crippen LogP contribution in [0.1, 0.15) is 40.9 Å². The van der Waals surface area contributed by atoms with Gasteiger partial charge in [-0.15, -0.1) is 0 Å². The predicted molar refractivity (Wildman–Crippen MR) is 131 cm³/mol. The minimum Gasteiger partial charge on any atom is -0.345 e. The predicted octanol–water partition coefficient (Wildman–Crippen LogP) is 5.84. The van der Waals surface area contributed by atoms with Gasteiger partial charge in [0.1, 0.15) is 0 Å². The Hall–Kier alpha value is -2.54. The maximum Gasteiger partial charge on any atom is 0.251 e. The highest BCUT2D eigenvalue weighted by Gasteiger charge is 2.22. The van der Waals surface area contributed by atoms with Gasteiger partial charge in [0.25, 0.3) is 5.91 Å². The Kier molecular flexibility index (Phi) is 7.82. The molecule has 5 nitrogen and oxygen atoms in total. The molecule has 3 rings (SSSR count). The molecule has 0 spiro atoms. The molecular formula is C24H24Cl2N2O3S. The molecule has 3 aromatic rings. The molecular weight excluding hydrogens is 467 g/mol. The lowest BCUT2D eigenvalue weighted by Gasteiger charge is -2.24. The number of carbonyl (C=O) groups excluding carboxylic acids is 1. The largest absolute Gasteiger partial charge is 0.345 e. The summed E-state index contributed by atoms with van der Waals surface area (Å²) in [5, 5.41) is 3.49. The first-order valence-electron chi connectivity index (χ1n) is 10.1. The van der Waals surface area contributed by atoms with Crippen molar-refractivity contribution in [3.8, 4) is 0 Å². The van der Waals surface area contributed by atoms with Gasteiger partial charge in [0.05, 0.1) is 34.6 Å². The maximum atomic E-state index is 12.7. The fraction of sp³-hybridized carbons (Fsp3) is 0.208. The molecule has 32 heavy (non-hydrogen) atoms. The number of sulfonamides is 1. The Balaban J connectivity index is 1.78. The monoisotopic (exact) mass is 490 g/mol. The number of anilines is 1. The molecule has 0 heterocycles. The van der Waals surface area contributed by atoms with Crippen molar-refractivity contribution < 1.29 is 13.2 Å². The number of halogens is 2. The van der Waals surface area contributed by atoms with Crippen LogP contribution in [0.25, 0.3) is 0 Å². The smallest absolute Gasteiger partial charge is 0.251 e. The average molecular weight is 491 g/mol. The summed E-state index contributed by atoms with van der Waals surface area (Å²) in [7, 11) is -3.62. The molecule has 0 saturated heterocycles. The van der Waals surface area contributed by atoms with Crippen LogP contribution in [-0.2, 0) is 16.6 Å². The van der Waals surface area contributed by atoms with Gasteiger partial charge < -0.3 is 5.32 Å². The number of rotatable bonds is 8. The van der Waals surface area contributed by atoms with Crippen molar-refractivity contribution in [3.63, 3.8) is 0 Å². The Bertz CT molecular complexity index is 1180. The first-order chi connectivity index (χ1) is 15.2. The Morgan fingerprint density at radius 3 is 2.22 bits per heavy atom. The van der Waals surface area contributed by atoms with Gasteiger partial charge in [0.2, 0.25) is 10.0 Å². The highest BCUT2D eigenvalue weighted by Crippen LogP contribution is 2.34. The molecule has 0 unspecified atom stereocenters. The molecule has 0 aromatic heterocycles. The zero-order chi connectivity index (χ0) is 23.3. The van der Waals surface area contributed by atoms with Crippen molar-refractivity contribution >= 4 is 44.8 Å². The minimum atomic E-state index is -3.62. The quantitative estimate of drug-likeness (QED) is 0.431. The lowest BCUT2D eigenvalue weighted by atomic mass is 10.0. The van der Waals surface area contributed by atoms with E-state index in [0.29, 0.717) is 16.8 Å². The van der Waals surface area contributed by atoms with Gasteiger partial charge in [-0.3, -0.25) is 9.10 Å². The SMILES string of the molecule is CC[C@@H](NC(=O)c1ccc(CN(c2cccc(Cl)c2Cl)S(C)(=O)=O)cc1)c1ccccc1. The fourth-order valence-electron chi connectivity index (χ4n) is 3.34. The van der Waals surface area contributed by atoms with Gasteiger partial charge in [-0.05, 0) is 41.8 Å². The third kappa shape index (κ3) is 5.82. The van der Waals surface area contributed by atoms with Crippen LogP contribution in [0.2, 0.25) is 10.0 Å². The van der Waals surface area contributed by atoms with Crippen molar-refractivity contribution in [1.29, 1.82) is 0 Å². The summed E-state index contributed by atoms with van der Waals surface area (Å²) in [6, 6.07) is 21.4. The van der Waals surface area contributed by atoms with Crippen LogP contribution in [0.3, 0.4) is 0 Å². The summed E-state index contributed by atoms with van der Waals surface area (Å²) < 4.78 is 26.0. The van der Waals surface area contributed by atoms with Crippen LogP contribution in [-0.4, -0.2) is 20.6 Å². The van der Waals surface area contributed by atoms with E-state index >= 15 is 0 Å². The topological polar surface area (TPSA) is 66.5 Å². The molecule has 3 aromatic carbocycles. The third-order valence-electron chi connectivity index (χ3n) is 5.06. The summed E-state index contributed by atoms with van der Waals surface area (Å²) in [6.45, 7) is 2.07. The minimum absolute atomic E-state index is 0.0579. The normalized spacial score (nSPS) is 12.2. The van der Waals surface area contributed by atoms with E-state index in [4.69, 9.17) is 23.2 Å². The first-order valence-corrected chi connectivity index (χ1v) is 12.7. The average Bonchev–Trinajstić information content (AvgIpc) is 2.78. The Labute approximate surface area is 199 Å². The number of nitrogens with zero attached hydrogens (tertiary/aromatic N) is 1. The highest BCUT2D eigenvalue weighted by molar-refractivity contribution is 7.92. The number of hydrogen-bond donors (Lipinski definition) is 1. The summed E-state index contributed by atoms with van der Waals surface area (Å²) >= 11 is 12.3. The van der Waals surface area contributed by atoms with E-state index < -0.39 is 10.0 Å². The lowest BCUT2D eigenvalue weighted by Crippen LogP contribution is -2.30.